The molecule has 78 valence electrons. The van der Waals surface area contributed by atoms with Crippen LogP contribution in [0.4, 0.5) is 13.2 Å². The summed E-state index contributed by atoms with van der Waals surface area (Å²) in [4.78, 5) is 0. The first-order chi connectivity index (χ1) is 5.75. The van der Waals surface area contributed by atoms with E-state index in [0.717, 1.165) is 0 Å². The van der Waals surface area contributed by atoms with Gasteiger partial charge in [-0.25, -0.2) is 0 Å². The molecule has 0 aromatic rings. The highest BCUT2D eigenvalue weighted by Crippen LogP contribution is 2.32. The predicted octanol–water partition coefficient (Wildman–Crippen LogP) is 4.32. The first-order valence-electron chi connectivity index (χ1n) is 4.48. The van der Waals surface area contributed by atoms with E-state index >= 15 is 0 Å². The summed E-state index contributed by atoms with van der Waals surface area (Å²) in [5.41, 5.74) is 0.0225. The smallest absolute Gasteiger partial charge is 0.166 e. The van der Waals surface area contributed by atoms with E-state index in [4.69, 9.17) is 0 Å². The van der Waals surface area contributed by atoms with Crippen LogP contribution in [-0.4, -0.2) is 6.18 Å². The minimum Gasteiger partial charge on any atom is -0.166 e. The number of rotatable bonds is 3. The zero-order valence-corrected chi connectivity index (χ0v) is 8.63. The number of allylic oxidation sites excluding steroid dienone is 2. The van der Waals surface area contributed by atoms with Crippen molar-refractivity contribution in [2.24, 2.45) is 5.92 Å². The Labute approximate surface area is 77.8 Å². The van der Waals surface area contributed by atoms with Crippen molar-refractivity contribution in [2.45, 2.75) is 46.7 Å². The van der Waals surface area contributed by atoms with E-state index in [2.05, 4.69) is 0 Å². The summed E-state index contributed by atoms with van der Waals surface area (Å²) in [6.07, 6.45) is -3.41. The second-order valence-corrected chi connectivity index (χ2v) is 3.91. The van der Waals surface area contributed by atoms with Gasteiger partial charge in [0.25, 0.3) is 0 Å². The second kappa shape index (κ2) is 4.68. The Hall–Kier alpha value is -0.470. The van der Waals surface area contributed by atoms with Crippen molar-refractivity contribution in [1.82, 2.24) is 0 Å². The van der Waals surface area contributed by atoms with Gasteiger partial charge in [0.15, 0.2) is 0 Å². The summed E-state index contributed by atoms with van der Waals surface area (Å²) >= 11 is 0. The van der Waals surface area contributed by atoms with Crippen LogP contribution in [0.2, 0.25) is 0 Å². The van der Waals surface area contributed by atoms with Crippen molar-refractivity contribution >= 4 is 0 Å². The molecule has 0 N–H and O–H groups in total. The summed E-state index contributed by atoms with van der Waals surface area (Å²) in [6.45, 7) is 6.89. The maximum Gasteiger partial charge on any atom is 0.412 e. The Morgan fingerprint density at radius 3 is 1.85 bits per heavy atom. The molecule has 0 amide bonds. The lowest BCUT2D eigenvalue weighted by molar-refractivity contribution is -0.0951. The summed E-state index contributed by atoms with van der Waals surface area (Å²) in [5.74, 6) is 0.316. The fourth-order valence-electron chi connectivity index (χ4n) is 1.11. The minimum atomic E-state index is -4.15. The van der Waals surface area contributed by atoms with Crippen molar-refractivity contribution in [1.29, 1.82) is 0 Å². The number of hydrogen-bond donors (Lipinski definition) is 0. The monoisotopic (exact) mass is 194 g/mol. The van der Waals surface area contributed by atoms with Gasteiger partial charge in [0.2, 0.25) is 0 Å². The van der Waals surface area contributed by atoms with Gasteiger partial charge in [-0.2, -0.15) is 13.2 Å². The van der Waals surface area contributed by atoms with Crippen LogP contribution in [0.5, 0.6) is 0 Å². The molecule has 0 aliphatic rings. The van der Waals surface area contributed by atoms with E-state index < -0.39 is 6.18 Å². The van der Waals surface area contributed by atoms with E-state index in [1.54, 1.807) is 0 Å². The topological polar surface area (TPSA) is 0 Å². The molecular formula is C10H17F3. The molecule has 3 heteroatoms. The standard InChI is InChI=1S/C10H17F3/c1-7(2)5-6-9(8(3)4)10(11,12)13/h7H,5-6H2,1-4H3. The Kier molecular flexibility index (Phi) is 4.51. The lowest BCUT2D eigenvalue weighted by Crippen LogP contribution is -2.14. The minimum absolute atomic E-state index is 0.142. The Balaban J connectivity index is 4.41. The lowest BCUT2D eigenvalue weighted by atomic mass is 9.99. The summed E-state index contributed by atoms with van der Waals surface area (Å²) in [7, 11) is 0. The molecule has 0 aliphatic carbocycles. The van der Waals surface area contributed by atoms with Gasteiger partial charge in [-0.3, -0.25) is 0 Å². The van der Waals surface area contributed by atoms with Crippen LogP contribution in [0.3, 0.4) is 0 Å². The summed E-state index contributed by atoms with van der Waals surface area (Å²) in [5, 5.41) is 0. The van der Waals surface area contributed by atoms with Gasteiger partial charge in [0.1, 0.15) is 0 Å². The SMILES string of the molecule is CC(C)=C(CCC(C)C)C(F)(F)F. The largest absolute Gasteiger partial charge is 0.412 e. The zero-order valence-electron chi connectivity index (χ0n) is 8.63. The van der Waals surface area contributed by atoms with Gasteiger partial charge in [-0.1, -0.05) is 19.4 Å². The average molecular weight is 194 g/mol. The summed E-state index contributed by atoms with van der Waals surface area (Å²) in [6, 6.07) is 0. The molecule has 0 nitrogen and oxygen atoms in total. The third-order valence-electron chi connectivity index (χ3n) is 1.92. The van der Waals surface area contributed by atoms with Crippen LogP contribution >= 0.6 is 0 Å². The highest BCUT2D eigenvalue weighted by Gasteiger charge is 2.33. The lowest BCUT2D eigenvalue weighted by Gasteiger charge is -2.14. The van der Waals surface area contributed by atoms with Gasteiger partial charge in [-0.15, -0.1) is 0 Å². The van der Waals surface area contributed by atoms with Crippen LogP contribution in [0.15, 0.2) is 11.1 Å². The van der Waals surface area contributed by atoms with E-state index in [1.165, 1.54) is 13.8 Å². The molecule has 0 saturated heterocycles. The fourth-order valence-corrected chi connectivity index (χ4v) is 1.11. The van der Waals surface area contributed by atoms with Crippen LogP contribution in [0.25, 0.3) is 0 Å². The number of hydrogen-bond acceptors (Lipinski definition) is 0. The van der Waals surface area contributed by atoms with Crippen LogP contribution < -0.4 is 0 Å². The van der Waals surface area contributed by atoms with E-state index in [0.29, 0.717) is 17.9 Å². The first kappa shape index (κ1) is 12.5. The molecular weight excluding hydrogens is 177 g/mol. The van der Waals surface area contributed by atoms with Crippen molar-refractivity contribution < 1.29 is 13.2 Å². The van der Waals surface area contributed by atoms with Crippen molar-refractivity contribution in [3.8, 4) is 0 Å². The Morgan fingerprint density at radius 2 is 1.62 bits per heavy atom. The molecule has 0 rings (SSSR count). The van der Waals surface area contributed by atoms with Crippen molar-refractivity contribution in [3.63, 3.8) is 0 Å². The van der Waals surface area contributed by atoms with Crippen LogP contribution in [0.1, 0.15) is 40.5 Å². The van der Waals surface area contributed by atoms with E-state index in [9.17, 15) is 13.2 Å². The fraction of sp³-hybridized carbons (Fsp3) is 0.800. The highest BCUT2D eigenvalue weighted by atomic mass is 19.4. The quantitative estimate of drug-likeness (QED) is 0.587. The molecule has 0 radical (unpaired) electrons. The van der Waals surface area contributed by atoms with Gasteiger partial charge in [0, 0.05) is 5.57 Å². The molecule has 0 saturated carbocycles. The van der Waals surface area contributed by atoms with Crippen LogP contribution in [0, 0.1) is 5.92 Å². The summed E-state index contributed by atoms with van der Waals surface area (Å²) < 4.78 is 37.1. The first-order valence-corrected chi connectivity index (χ1v) is 4.48. The van der Waals surface area contributed by atoms with Gasteiger partial charge >= 0.3 is 6.18 Å². The van der Waals surface area contributed by atoms with Crippen LogP contribution in [-0.2, 0) is 0 Å². The molecule has 0 unspecified atom stereocenters. The molecule has 0 aromatic carbocycles. The third-order valence-corrected chi connectivity index (χ3v) is 1.92. The molecule has 0 heterocycles. The molecule has 0 atom stereocenters. The van der Waals surface area contributed by atoms with E-state index in [-0.39, 0.29) is 12.0 Å². The molecule has 0 spiro atoms. The van der Waals surface area contributed by atoms with Crippen molar-refractivity contribution in [3.05, 3.63) is 11.1 Å². The molecule has 0 fully saturated rings. The third kappa shape index (κ3) is 4.96. The average Bonchev–Trinajstić information content (AvgIpc) is 1.81. The van der Waals surface area contributed by atoms with Gasteiger partial charge < -0.3 is 0 Å². The Morgan fingerprint density at radius 1 is 1.15 bits per heavy atom. The highest BCUT2D eigenvalue weighted by molar-refractivity contribution is 5.15. The normalized spacial score (nSPS) is 12.0. The Bertz CT molecular complexity index is 183. The molecule has 0 aliphatic heterocycles. The molecule has 0 bridgehead atoms. The maximum atomic E-state index is 12.4. The van der Waals surface area contributed by atoms with Gasteiger partial charge in [0.05, 0.1) is 0 Å². The zero-order chi connectivity index (χ0) is 10.6. The van der Waals surface area contributed by atoms with Gasteiger partial charge in [-0.05, 0) is 32.6 Å². The number of halogens is 3. The molecule has 0 aromatic heterocycles. The maximum absolute atomic E-state index is 12.4. The predicted molar refractivity (Wildman–Crippen MR) is 48.5 cm³/mol. The number of alkyl halides is 3. The molecule has 13 heavy (non-hydrogen) atoms. The van der Waals surface area contributed by atoms with E-state index in [1.807, 2.05) is 13.8 Å². The second-order valence-electron chi connectivity index (χ2n) is 3.91. The van der Waals surface area contributed by atoms with Crippen molar-refractivity contribution in [2.75, 3.05) is 0 Å².